The van der Waals surface area contributed by atoms with E-state index in [0.717, 1.165) is 25.2 Å². The largest absolute Gasteiger partial charge is 0.293 e. The monoisotopic (exact) mass is 231 g/mol. The third-order valence-electron chi connectivity index (χ3n) is 2.80. The van der Waals surface area contributed by atoms with Crippen LogP contribution in [0, 0.1) is 0 Å². The second kappa shape index (κ2) is 4.55. The highest BCUT2D eigenvalue weighted by Gasteiger charge is 2.26. The van der Waals surface area contributed by atoms with Gasteiger partial charge in [-0.15, -0.1) is 11.6 Å². The Morgan fingerprint density at radius 2 is 2.57 bits per heavy atom. The summed E-state index contributed by atoms with van der Waals surface area (Å²) in [5.74, 6) is 0. The molecule has 1 aliphatic heterocycles. The maximum absolute atomic E-state index is 6.23. The normalized spacial score (nSPS) is 29.3. The molecular weight excluding hydrogens is 218 g/mol. The van der Waals surface area contributed by atoms with Crippen LogP contribution in [0.5, 0.6) is 0 Å². The highest BCUT2D eigenvalue weighted by atomic mass is 35.5. The molecule has 0 saturated carbocycles. The second-order valence-corrected chi connectivity index (χ2v) is 4.89. The molecule has 1 saturated heterocycles. The minimum absolute atomic E-state index is 0.287. The molecule has 5 heteroatoms. The van der Waals surface area contributed by atoms with Crippen molar-refractivity contribution in [2.24, 2.45) is 0 Å². The minimum atomic E-state index is 0.287. The highest BCUT2D eigenvalue weighted by molar-refractivity contribution is 6.99. The Bertz CT molecular complexity index is 278. The number of piperidine rings is 1. The summed E-state index contributed by atoms with van der Waals surface area (Å²) in [5, 5.41) is 0.287. The van der Waals surface area contributed by atoms with E-state index in [1.165, 1.54) is 18.1 Å². The molecule has 14 heavy (non-hydrogen) atoms. The van der Waals surface area contributed by atoms with Crippen LogP contribution < -0.4 is 0 Å². The number of halogens is 1. The van der Waals surface area contributed by atoms with Gasteiger partial charge in [-0.2, -0.15) is 8.75 Å². The summed E-state index contributed by atoms with van der Waals surface area (Å²) in [6.45, 7) is 4.21. The highest BCUT2D eigenvalue weighted by Crippen LogP contribution is 2.23. The first-order valence-corrected chi connectivity index (χ1v) is 6.08. The molecular formula is C9H14ClN3S. The minimum Gasteiger partial charge on any atom is -0.293 e. The van der Waals surface area contributed by atoms with E-state index in [1.54, 1.807) is 0 Å². The molecule has 0 amide bonds. The van der Waals surface area contributed by atoms with Crippen molar-refractivity contribution in [1.82, 2.24) is 13.6 Å². The van der Waals surface area contributed by atoms with E-state index in [-0.39, 0.29) is 5.38 Å². The van der Waals surface area contributed by atoms with Gasteiger partial charge in [0, 0.05) is 18.0 Å². The SMILES string of the molecule is CC1C(Cl)CCCN1Cc1cnsn1. The average molecular weight is 232 g/mol. The van der Waals surface area contributed by atoms with Gasteiger partial charge in [0.15, 0.2) is 0 Å². The first kappa shape index (κ1) is 10.3. The zero-order valence-corrected chi connectivity index (χ0v) is 9.76. The first-order valence-electron chi connectivity index (χ1n) is 4.92. The number of rotatable bonds is 2. The quantitative estimate of drug-likeness (QED) is 0.731. The van der Waals surface area contributed by atoms with E-state index in [2.05, 4.69) is 20.6 Å². The summed E-state index contributed by atoms with van der Waals surface area (Å²) in [4.78, 5) is 2.39. The molecule has 2 heterocycles. The van der Waals surface area contributed by atoms with Crippen LogP contribution in [0.3, 0.4) is 0 Å². The zero-order valence-electron chi connectivity index (χ0n) is 8.19. The van der Waals surface area contributed by atoms with Crippen molar-refractivity contribution in [3.8, 4) is 0 Å². The summed E-state index contributed by atoms with van der Waals surface area (Å²) in [5.41, 5.74) is 1.06. The molecule has 3 nitrogen and oxygen atoms in total. The topological polar surface area (TPSA) is 29.0 Å². The second-order valence-electron chi connectivity index (χ2n) is 3.77. The van der Waals surface area contributed by atoms with Crippen LogP contribution in [0.2, 0.25) is 0 Å². The lowest BCUT2D eigenvalue weighted by atomic mass is 10.0. The number of hydrogen-bond donors (Lipinski definition) is 0. The van der Waals surface area contributed by atoms with Gasteiger partial charge in [-0.1, -0.05) is 0 Å². The fraction of sp³-hybridized carbons (Fsp3) is 0.778. The Morgan fingerprint density at radius 3 is 3.29 bits per heavy atom. The van der Waals surface area contributed by atoms with Crippen molar-refractivity contribution in [3.05, 3.63) is 11.9 Å². The lowest BCUT2D eigenvalue weighted by Gasteiger charge is -2.36. The van der Waals surface area contributed by atoms with E-state index < -0.39 is 0 Å². The van der Waals surface area contributed by atoms with Crippen molar-refractivity contribution in [1.29, 1.82) is 0 Å². The smallest absolute Gasteiger partial charge is 0.0883 e. The number of aromatic nitrogens is 2. The molecule has 1 fully saturated rings. The van der Waals surface area contributed by atoms with Crippen molar-refractivity contribution >= 4 is 23.3 Å². The van der Waals surface area contributed by atoms with Crippen molar-refractivity contribution in [3.63, 3.8) is 0 Å². The predicted molar refractivity (Wildman–Crippen MR) is 58.7 cm³/mol. The molecule has 2 rings (SSSR count). The summed E-state index contributed by atoms with van der Waals surface area (Å²) in [6.07, 6.45) is 4.17. The Hall–Kier alpha value is -0.190. The van der Waals surface area contributed by atoms with Gasteiger partial charge in [-0.05, 0) is 26.3 Å². The van der Waals surface area contributed by atoms with Crippen LogP contribution in [0.1, 0.15) is 25.5 Å². The Morgan fingerprint density at radius 1 is 1.71 bits per heavy atom. The van der Waals surface area contributed by atoms with Gasteiger partial charge < -0.3 is 0 Å². The molecule has 1 aromatic rings. The summed E-state index contributed by atoms with van der Waals surface area (Å²) < 4.78 is 8.22. The summed E-state index contributed by atoms with van der Waals surface area (Å²) >= 11 is 7.50. The fourth-order valence-electron chi connectivity index (χ4n) is 1.85. The van der Waals surface area contributed by atoms with Crippen LogP contribution in [0.15, 0.2) is 6.20 Å². The van der Waals surface area contributed by atoms with E-state index >= 15 is 0 Å². The van der Waals surface area contributed by atoms with Crippen LogP contribution >= 0.6 is 23.3 Å². The van der Waals surface area contributed by atoms with E-state index in [4.69, 9.17) is 11.6 Å². The molecule has 0 bridgehead atoms. The third kappa shape index (κ3) is 2.24. The maximum atomic E-state index is 6.23. The average Bonchev–Trinajstić information content (AvgIpc) is 2.66. The van der Waals surface area contributed by atoms with Gasteiger partial charge >= 0.3 is 0 Å². The van der Waals surface area contributed by atoms with Crippen LogP contribution in [-0.2, 0) is 6.54 Å². The van der Waals surface area contributed by atoms with Crippen LogP contribution in [-0.4, -0.2) is 31.6 Å². The lowest BCUT2D eigenvalue weighted by molar-refractivity contribution is 0.155. The molecule has 2 unspecified atom stereocenters. The number of likely N-dealkylation sites (tertiary alicyclic amines) is 1. The standard InChI is InChI=1S/C9H14ClN3S/c1-7-9(10)3-2-4-13(7)6-8-5-11-14-12-8/h5,7,9H,2-4,6H2,1H3. The molecule has 2 atom stereocenters. The predicted octanol–water partition coefficient (Wildman–Crippen LogP) is 2.13. The van der Waals surface area contributed by atoms with E-state index in [0.29, 0.717) is 6.04 Å². The number of alkyl halides is 1. The Balaban J connectivity index is 1.97. The molecule has 1 aromatic heterocycles. The van der Waals surface area contributed by atoms with Gasteiger partial charge in [0.25, 0.3) is 0 Å². The molecule has 1 aliphatic rings. The first-order chi connectivity index (χ1) is 6.77. The maximum Gasteiger partial charge on any atom is 0.0883 e. The van der Waals surface area contributed by atoms with Gasteiger partial charge in [0.2, 0.25) is 0 Å². The van der Waals surface area contributed by atoms with Gasteiger partial charge in [-0.3, -0.25) is 4.90 Å². The van der Waals surface area contributed by atoms with Crippen molar-refractivity contribution < 1.29 is 0 Å². The van der Waals surface area contributed by atoms with Crippen LogP contribution in [0.4, 0.5) is 0 Å². The zero-order chi connectivity index (χ0) is 9.97. The third-order valence-corrected chi connectivity index (χ3v) is 3.90. The molecule has 78 valence electrons. The molecule has 0 spiro atoms. The van der Waals surface area contributed by atoms with Crippen LogP contribution in [0.25, 0.3) is 0 Å². The molecule has 0 radical (unpaired) electrons. The van der Waals surface area contributed by atoms with E-state index in [9.17, 15) is 0 Å². The van der Waals surface area contributed by atoms with Crippen molar-refractivity contribution in [2.45, 2.75) is 37.7 Å². The van der Waals surface area contributed by atoms with E-state index in [1.807, 2.05) is 6.20 Å². The van der Waals surface area contributed by atoms with Gasteiger partial charge in [-0.25, -0.2) is 0 Å². The molecule has 0 aliphatic carbocycles. The lowest BCUT2D eigenvalue weighted by Crippen LogP contribution is -2.43. The summed E-state index contributed by atoms with van der Waals surface area (Å²) in [7, 11) is 0. The Kier molecular flexibility index (Phi) is 3.36. The molecule has 0 aromatic carbocycles. The molecule has 0 N–H and O–H groups in total. The number of nitrogens with zero attached hydrogens (tertiary/aromatic N) is 3. The van der Waals surface area contributed by atoms with Crippen molar-refractivity contribution in [2.75, 3.05) is 6.54 Å². The van der Waals surface area contributed by atoms with Gasteiger partial charge in [0.1, 0.15) is 0 Å². The Labute approximate surface area is 93.4 Å². The summed E-state index contributed by atoms with van der Waals surface area (Å²) in [6, 6.07) is 0.451. The fourth-order valence-corrected chi connectivity index (χ4v) is 2.59. The number of hydrogen-bond acceptors (Lipinski definition) is 4. The van der Waals surface area contributed by atoms with Gasteiger partial charge in [0.05, 0.1) is 23.6 Å².